The number of nitrogens with zero attached hydrogens (tertiary/aromatic N) is 1. The third-order valence-electron chi connectivity index (χ3n) is 7.25. The van der Waals surface area contributed by atoms with Gasteiger partial charge in [-0.1, -0.05) is 29.8 Å². The second-order valence-corrected chi connectivity index (χ2v) is 9.75. The van der Waals surface area contributed by atoms with Crippen LogP contribution in [0, 0.1) is 6.92 Å². The van der Waals surface area contributed by atoms with E-state index in [9.17, 15) is 10.2 Å². The van der Waals surface area contributed by atoms with E-state index in [2.05, 4.69) is 23.1 Å². The lowest BCUT2D eigenvalue weighted by Crippen LogP contribution is -2.51. The molecule has 2 heterocycles. The van der Waals surface area contributed by atoms with Gasteiger partial charge < -0.3 is 19.8 Å². The van der Waals surface area contributed by atoms with Crippen LogP contribution in [0.4, 0.5) is 0 Å². The largest absolute Gasteiger partial charge is 0.487 e. The minimum atomic E-state index is -0.546. The van der Waals surface area contributed by atoms with Crippen molar-refractivity contribution in [3.8, 4) is 5.75 Å². The highest BCUT2D eigenvalue weighted by Gasteiger charge is 2.43. The van der Waals surface area contributed by atoms with Crippen molar-refractivity contribution < 1.29 is 14.9 Å². The SMILES string of the molecule is Cc1cc2c(cc1Cl)C(O)CC1(CCN(CC(O)c3ccc4c(c3)CCC4)CC1)O2. The number of hydrogen-bond acceptors (Lipinski definition) is 4. The normalized spacial score (nSPS) is 23.7. The van der Waals surface area contributed by atoms with Crippen molar-refractivity contribution in [3.63, 3.8) is 0 Å². The first-order valence-electron chi connectivity index (χ1n) is 11.1. The van der Waals surface area contributed by atoms with Crippen LogP contribution in [-0.4, -0.2) is 40.3 Å². The van der Waals surface area contributed by atoms with E-state index in [4.69, 9.17) is 16.3 Å². The van der Waals surface area contributed by atoms with Crippen LogP contribution < -0.4 is 4.74 Å². The minimum Gasteiger partial charge on any atom is -0.487 e. The third kappa shape index (κ3) is 3.75. The van der Waals surface area contributed by atoms with Gasteiger partial charge >= 0.3 is 0 Å². The Labute approximate surface area is 183 Å². The zero-order chi connectivity index (χ0) is 20.9. The molecule has 2 atom stereocenters. The molecule has 1 spiro atoms. The topological polar surface area (TPSA) is 52.9 Å². The molecular weight excluding hydrogens is 398 g/mol. The second kappa shape index (κ2) is 7.83. The monoisotopic (exact) mass is 427 g/mol. The average Bonchev–Trinajstić information content (AvgIpc) is 3.19. The number of aliphatic hydroxyl groups excluding tert-OH is 2. The number of piperidine rings is 1. The van der Waals surface area contributed by atoms with Crippen LogP contribution in [0.2, 0.25) is 5.02 Å². The lowest BCUT2D eigenvalue weighted by atomic mass is 9.81. The predicted molar refractivity (Wildman–Crippen MR) is 118 cm³/mol. The molecule has 1 saturated heterocycles. The highest BCUT2D eigenvalue weighted by Crippen LogP contribution is 2.45. The molecule has 3 aliphatic rings. The molecule has 2 aromatic rings. The van der Waals surface area contributed by atoms with Crippen molar-refractivity contribution in [2.45, 2.75) is 63.3 Å². The Balaban J connectivity index is 1.23. The number of aliphatic hydroxyl groups is 2. The summed E-state index contributed by atoms with van der Waals surface area (Å²) in [6, 6.07) is 10.3. The lowest BCUT2D eigenvalue weighted by Gasteiger charge is -2.46. The summed E-state index contributed by atoms with van der Waals surface area (Å²) < 4.78 is 6.45. The molecule has 0 radical (unpaired) electrons. The molecule has 0 bridgehead atoms. The summed E-state index contributed by atoms with van der Waals surface area (Å²) in [6.45, 7) is 4.32. The van der Waals surface area contributed by atoms with E-state index in [1.165, 1.54) is 24.0 Å². The van der Waals surface area contributed by atoms with Crippen molar-refractivity contribution in [1.82, 2.24) is 4.90 Å². The van der Waals surface area contributed by atoms with Crippen LogP contribution in [0.5, 0.6) is 5.75 Å². The van der Waals surface area contributed by atoms with E-state index < -0.39 is 12.2 Å². The second-order valence-electron chi connectivity index (χ2n) is 9.34. The number of ether oxygens (including phenoxy) is 1. The number of β-amino-alcohol motifs (C(OH)–C–C–N with tert-alkyl or cyclic N) is 1. The Morgan fingerprint density at radius 2 is 1.93 bits per heavy atom. The van der Waals surface area contributed by atoms with Gasteiger partial charge in [0.2, 0.25) is 0 Å². The third-order valence-corrected chi connectivity index (χ3v) is 7.65. The minimum absolute atomic E-state index is 0.332. The zero-order valence-corrected chi connectivity index (χ0v) is 18.3. The molecule has 0 amide bonds. The van der Waals surface area contributed by atoms with E-state index in [1.54, 1.807) is 0 Å². The molecule has 0 aromatic heterocycles. The number of benzene rings is 2. The zero-order valence-electron chi connectivity index (χ0n) is 17.5. The van der Waals surface area contributed by atoms with Gasteiger partial charge in [0.25, 0.3) is 0 Å². The van der Waals surface area contributed by atoms with Gasteiger partial charge in [0.05, 0.1) is 12.2 Å². The quantitative estimate of drug-likeness (QED) is 0.756. The summed E-state index contributed by atoms with van der Waals surface area (Å²) >= 11 is 6.24. The summed E-state index contributed by atoms with van der Waals surface area (Å²) in [5, 5.41) is 22.2. The molecular formula is C25H30ClNO3. The van der Waals surface area contributed by atoms with Gasteiger partial charge in [0.1, 0.15) is 11.4 Å². The number of fused-ring (bicyclic) bond motifs is 2. The van der Waals surface area contributed by atoms with Crippen molar-refractivity contribution in [2.75, 3.05) is 19.6 Å². The summed E-state index contributed by atoms with van der Waals surface area (Å²) in [5.74, 6) is 0.766. The number of halogens is 1. The summed E-state index contributed by atoms with van der Waals surface area (Å²) in [6.07, 6.45) is 4.81. The van der Waals surface area contributed by atoms with Gasteiger partial charge in [-0.25, -0.2) is 0 Å². The number of aryl methyl sites for hydroxylation is 3. The first-order chi connectivity index (χ1) is 14.4. The fraction of sp³-hybridized carbons (Fsp3) is 0.520. The lowest BCUT2D eigenvalue weighted by molar-refractivity contribution is -0.0588. The van der Waals surface area contributed by atoms with Crippen molar-refractivity contribution in [2.24, 2.45) is 0 Å². The molecule has 5 heteroatoms. The standard InChI is InChI=1S/C25H30ClNO3/c1-16-11-24-20(13-21(16)26)22(28)14-25(30-24)7-9-27(10-8-25)15-23(29)19-6-5-17-3-2-4-18(17)12-19/h5-6,11-13,22-23,28-29H,2-4,7-10,14-15H2,1H3. The van der Waals surface area contributed by atoms with Crippen LogP contribution >= 0.6 is 11.6 Å². The maximum Gasteiger partial charge on any atom is 0.126 e. The number of rotatable bonds is 3. The Kier molecular flexibility index (Phi) is 5.30. The number of hydrogen-bond donors (Lipinski definition) is 2. The van der Waals surface area contributed by atoms with Crippen LogP contribution in [0.15, 0.2) is 30.3 Å². The van der Waals surface area contributed by atoms with Crippen LogP contribution in [0.3, 0.4) is 0 Å². The van der Waals surface area contributed by atoms with E-state index in [-0.39, 0.29) is 5.60 Å². The maximum atomic E-state index is 10.8. The summed E-state index contributed by atoms with van der Waals surface area (Å²) in [4.78, 5) is 2.32. The molecule has 30 heavy (non-hydrogen) atoms. The van der Waals surface area contributed by atoms with E-state index in [1.807, 2.05) is 19.1 Å². The molecule has 4 nitrogen and oxygen atoms in total. The molecule has 0 saturated carbocycles. The summed E-state index contributed by atoms with van der Waals surface area (Å²) in [7, 11) is 0. The highest BCUT2D eigenvalue weighted by molar-refractivity contribution is 6.31. The number of likely N-dealkylation sites (tertiary alicyclic amines) is 1. The van der Waals surface area contributed by atoms with Crippen LogP contribution in [0.25, 0.3) is 0 Å². The van der Waals surface area contributed by atoms with Gasteiger partial charge in [0, 0.05) is 36.6 Å². The van der Waals surface area contributed by atoms with Crippen molar-refractivity contribution in [1.29, 1.82) is 0 Å². The molecule has 1 fully saturated rings. The summed E-state index contributed by atoms with van der Waals surface area (Å²) in [5.41, 5.74) is 5.31. The fourth-order valence-corrected chi connectivity index (χ4v) is 5.53. The Morgan fingerprint density at radius 3 is 2.73 bits per heavy atom. The fourth-order valence-electron chi connectivity index (χ4n) is 5.35. The molecule has 2 aliphatic heterocycles. The predicted octanol–water partition coefficient (Wildman–Crippen LogP) is 4.52. The van der Waals surface area contributed by atoms with E-state index in [0.717, 1.165) is 54.8 Å². The van der Waals surface area contributed by atoms with Gasteiger partial charge in [0.15, 0.2) is 0 Å². The molecule has 5 rings (SSSR count). The maximum absolute atomic E-state index is 10.8. The molecule has 2 aromatic carbocycles. The Hall–Kier alpha value is -1.59. The van der Waals surface area contributed by atoms with Gasteiger partial charge in [-0.15, -0.1) is 0 Å². The van der Waals surface area contributed by atoms with Crippen molar-refractivity contribution in [3.05, 3.63) is 63.2 Å². The van der Waals surface area contributed by atoms with Gasteiger partial charge in [-0.05, 0) is 73.4 Å². The van der Waals surface area contributed by atoms with E-state index in [0.29, 0.717) is 18.0 Å². The average molecular weight is 428 g/mol. The Bertz CT molecular complexity index is 952. The molecule has 160 valence electrons. The highest BCUT2D eigenvalue weighted by atomic mass is 35.5. The van der Waals surface area contributed by atoms with E-state index >= 15 is 0 Å². The van der Waals surface area contributed by atoms with Crippen LogP contribution in [0.1, 0.15) is 65.7 Å². The van der Waals surface area contributed by atoms with Crippen molar-refractivity contribution >= 4 is 11.6 Å². The smallest absolute Gasteiger partial charge is 0.126 e. The molecule has 1 aliphatic carbocycles. The molecule has 2 unspecified atom stereocenters. The van der Waals surface area contributed by atoms with Gasteiger partial charge in [-0.2, -0.15) is 0 Å². The Morgan fingerprint density at radius 1 is 1.17 bits per heavy atom. The first-order valence-corrected chi connectivity index (χ1v) is 11.5. The molecule has 2 N–H and O–H groups in total. The van der Waals surface area contributed by atoms with Gasteiger partial charge in [-0.3, -0.25) is 0 Å². The first kappa shape index (κ1) is 20.3. The van der Waals surface area contributed by atoms with Crippen LogP contribution in [-0.2, 0) is 12.8 Å².